The van der Waals surface area contributed by atoms with Crippen LogP contribution < -0.4 is 5.73 Å². The van der Waals surface area contributed by atoms with Crippen LogP contribution in [0.5, 0.6) is 0 Å². The number of hydrogen-bond acceptors (Lipinski definition) is 2. The van der Waals surface area contributed by atoms with Gasteiger partial charge in [0.1, 0.15) is 0 Å². The molecule has 0 aromatic heterocycles. The van der Waals surface area contributed by atoms with Crippen LogP contribution in [0.2, 0.25) is 0 Å². The van der Waals surface area contributed by atoms with Crippen LogP contribution in [0, 0.1) is 5.92 Å². The van der Waals surface area contributed by atoms with E-state index in [1.165, 1.54) is 0 Å². The first kappa shape index (κ1) is 10.9. The predicted molar refractivity (Wildman–Crippen MR) is 48.3 cm³/mol. The largest absolute Gasteiger partial charge is 0.388 e. The summed E-state index contributed by atoms with van der Waals surface area (Å²) in [5.74, 6) is 0.347. The molecular formula is C9H21NO. The average Bonchev–Trinajstić information content (AvgIpc) is 2.01. The Morgan fingerprint density at radius 3 is 1.73 bits per heavy atom. The van der Waals surface area contributed by atoms with Crippen molar-refractivity contribution in [1.29, 1.82) is 0 Å². The lowest BCUT2D eigenvalue weighted by atomic mass is 9.83. The minimum atomic E-state index is -0.659. The molecule has 11 heavy (non-hydrogen) atoms. The molecule has 2 nitrogen and oxygen atoms in total. The van der Waals surface area contributed by atoms with Crippen molar-refractivity contribution in [3.8, 4) is 0 Å². The van der Waals surface area contributed by atoms with E-state index >= 15 is 0 Å². The molecule has 68 valence electrons. The topological polar surface area (TPSA) is 46.2 Å². The lowest BCUT2D eigenvalue weighted by Crippen LogP contribution is -2.50. The lowest BCUT2D eigenvalue weighted by Gasteiger charge is -2.34. The van der Waals surface area contributed by atoms with Crippen LogP contribution in [-0.2, 0) is 0 Å². The Labute approximate surface area is 69.8 Å². The van der Waals surface area contributed by atoms with E-state index in [1.54, 1.807) is 0 Å². The molecule has 0 saturated carbocycles. The van der Waals surface area contributed by atoms with Gasteiger partial charge in [0, 0.05) is 6.04 Å². The summed E-state index contributed by atoms with van der Waals surface area (Å²) in [6.45, 7) is 8.04. The summed E-state index contributed by atoms with van der Waals surface area (Å²) < 4.78 is 0. The Bertz CT molecular complexity index is 108. The average molecular weight is 159 g/mol. The van der Waals surface area contributed by atoms with Gasteiger partial charge in [0.2, 0.25) is 0 Å². The van der Waals surface area contributed by atoms with E-state index in [2.05, 4.69) is 0 Å². The fourth-order valence-corrected chi connectivity index (χ4v) is 1.34. The molecule has 0 fully saturated rings. The summed E-state index contributed by atoms with van der Waals surface area (Å²) in [5.41, 5.74) is 5.21. The second-order valence-electron chi connectivity index (χ2n) is 3.58. The molecule has 0 heterocycles. The zero-order valence-corrected chi connectivity index (χ0v) is 8.09. The Balaban J connectivity index is 4.24. The Morgan fingerprint density at radius 1 is 1.27 bits per heavy atom. The summed E-state index contributed by atoms with van der Waals surface area (Å²) in [7, 11) is 0. The predicted octanol–water partition coefficient (Wildman–Crippen LogP) is 1.52. The van der Waals surface area contributed by atoms with E-state index in [9.17, 15) is 5.11 Å². The van der Waals surface area contributed by atoms with Gasteiger partial charge in [-0.05, 0) is 18.8 Å². The van der Waals surface area contributed by atoms with E-state index in [4.69, 9.17) is 5.73 Å². The maximum absolute atomic E-state index is 9.94. The summed E-state index contributed by atoms with van der Waals surface area (Å²) in [5, 5.41) is 9.94. The summed E-state index contributed by atoms with van der Waals surface area (Å²) >= 11 is 0. The minimum Gasteiger partial charge on any atom is -0.388 e. The van der Waals surface area contributed by atoms with Gasteiger partial charge in [0.05, 0.1) is 5.60 Å². The third-order valence-corrected chi connectivity index (χ3v) is 2.56. The molecular weight excluding hydrogens is 138 g/mol. The van der Waals surface area contributed by atoms with Crippen molar-refractivity contribution in [3.05, 3.63) is 0 Å². The van der Waals surface area contributed by atoms with Crippen LogP contribution in [0.15, 0.2) is 0 Å². The van der Waals surface area contributed by atoms with Crippen molar-refractivity contribution >= 4 is 0 Å². The SMILES string of the molecule is CCC(O)(CC)C(N)C(C)C. The van der Waals surface area contributed by atoms with Crippen LogP contribution in [0.25, 0.3) is 0 Å². The van der Waals surface area contributed by atoms with Gasteiger partial charge in [-0.3, -0.25) is 0 Å². The lowest BCUT2D eigenvalue weighted by molar-refractivity contribution is -0.00720. The van der Waals surface area contributed by atoms with Crippen LogP contribution in [0.3, 0.4) is 0 Å². The molecule has 0 saturated heterocycles. The van der Waals surface area contributed by atoms with Gasteiger partial charge < -0.3 is 10.8 Å². The number of nitrogens with two attached hydrogens (primary N) is 1. The molecule has 3 N–H and O–H groups in total. The van der Waals surface area contributed by atoms with Crippen molar-refractivity contribution in [2.75, 3.05) is 0 Å². The third-order valence-electron chi connectivity index (χ3n) is 2.56. The van der Waals surface area contributed by atoms with Crippen LogP contribution in [-0.4, -0.2) is 16.7 Å². The third kappa shape index (κ3) is 2.46. The maximum Gasteiger partial charge on any atom is 0.0795 e. The molecule has 0 amide bonds. The highest BCUT2D eigenvalue weighted by atomic mass is 16.3. The maximum atomic E-state index is 9.94. The van der Waals surface area contributed by atoms with Crippen molar-refractivity contribution in [2.45, 2.75) is 52.2 Å². The van der Waals surface area contributed by atoms with Crippen molar-refractivity contribution in [3.63, 3.8) is 0 Å². The van der Waals surface area contributed by atoms with Crippen molar-refractivity contribution < 1.29 is 5.11 Å². The molecule has 0 aromatic carbocycles. The van der Waals surface area contributed by atoms with Crippen molar-refractivity contribution in [1.82, 2.24) is 0 Å². The van der Waals surface area contributed by atoms with Gasteiger partial charge in [-0.2, -0.15) is 0 Å². The van der Waals surface area contributed by atoms with Crippen LogP contribution >= 0.6 is 0 Å². The molecule has 0 bridgehead atoms. The highest BCUT2D eigenvalue weighted by molar-refractivity contribution is 4.88. The normalized spacial score (nSPS) is 15.5. The van der Waals surface area contributed by atoms with Gasteiger partial charge in [0.15, 0.2) is 0 Å². The summed E-state index contributed by atoms with van der Waals surface area (Å²) in [6, 6.07) is -0.0995. The zero-order valence-electron chi connectivity index (χ0n) is 8.09. The first-order chi connectivity index (χ1) is 4.98. The molecule has 0 aromatic rings. The molecule has 0 aliphatic rings. The molecule has 0 spiro atoms. The molecule has 0 aliphatic heterocycles. The van der Waals surface area contributed by atoms with E-state index < -0.39 is 5.60 Å². The number of aliphatic hydroxyl groups is 1. The highest BCUT2D eigenvalue weighted by Gasteiger charge is 2.32. The van der Waals surface area contributed by atoms with E-state index in [0.29, 0.717) is 5.92 Å². The molecule has 2 heteroatoms. The molecule has 1 atom stereocenters. The Hall–Kier alpha value is -0.0800. The zero-order chi connectivity index (χ0) is 9.07. The first-order valence-corrected chi connectivity index (χ1v) is 4.45. The van der Waals surface area contributed by atoms with Crippen LogP contribution in [0.1, 0.15) is 40.5 Å². The fraction of sp³-hybridized carbons (Fsp3) is 1.00. The summed E-state index contributed by atoms with van der Waals surface area (Å²) in [6.07, 6.45) is 1.48. The second-order valence-corrected chi connectivity index (χ2v) is 3.58. The molecule has 0 aliphatic carbocycles. The number of hydrogen-bond donors (Lipinski definition) is 2. The van der Waals surface area contributed by atoms with Crippen molar-refractivity contribution in [2.24, 2.45) is 11.7 Å². The molecule has 0 rings (SSSR count). The fourth-order valence-electron chi connectivity index (χ4n) is 1.34. The quantitative estimate of drug-likeness (QED) is 0.653. The Morgan fingerprint density at radius 2 is 1.64 bits per heavy atom. The summed E-state index contributed by atoms with van der Waals surface area (Å²) in [4.78, 5) is 0. The van der Waals surface area contributed by atoms with Gasteiger partial charge in [-0.15, -0.1) is 0 Å². The van der Waals surface area contributed by atoms with Gasteiger partial charge in [-0.1, -0.05) is 27.7 Å². The number of rotatable bonds is 4. The highest BCUT2D eigenvalue weighted by Crippen LogP contribution is 2.22. The minimum absolute atomic E-state index is 0.0995. The van der Waals surface area contributed by atoms with E-state index in [1.807, 2.05) is 27.7 Å². The standard InChI is InChI=1S/C9H21NO/c1-5-9(11,6-2)8(10)7(3)4/h7-8,11H,5-6,10H2,1-4H3. The second kappa shape index (κ2) is 4.07. The van der Waals surface area contributed by atoms with Crippen LogP contribution in [0.4, 0.5) is 0 Å². The van der Waals surface area contributed by atoms with E-state index in [-0.39, 0.29) is 6.04 Å². The van der Waals surface area contributed by atoms with Gasteiger partial charge >= 0.3 is 0 Å². The van der Waals surface area contributed by atoms with E-state index in [0.717, 1.165) is 12.8 Å². The molecule has 1 unspecified atom stereocenters. The smallest absolute Gasteiger partial charge is 0.0795 e. The molecule has 0 radical (unpaired) electrons. The van der Waals surface area contributed by atoms with Gasteiger partial charge in [-0.25, -0.2) is 0 Å². The Kier molecular flexibility index (Phi) is 4.04. The first-order valence-electron chi connectivity index (χ1n) is 4.45. The van der Waals surface area contributed by atoms with Gasteiger partial charge in [0.25, 0.3) is 0 Å². The monoisotopic (exact) mass is 159 g/mol.